The van der Waals surface area contributed by atoms with Crippen molar-refractivity contribution in [3.63, 3.8) is 0 Å². The Morgan fingerprint density at radius 3 is 2.42 bits per heavy atom. The Balaban J connectivity index is 2.50. The minimum Gasteiger partial charge on any atom is -0.265 e. The van der Waals surface area contributed by atoms with Crippen molar-refractivity contribution in [3.05, 3.63) is 0 Å². The van der Waals surface area contributed by atoms with E-state index in [4.69, 9.17) is 15.8 Å². The van der Waals surface area contributed by atoms with Gasteiger partial charge in [-0.1, -0.05) is 12.8 Å². The van der Waals surface area contributed by atoms with E-state index in [1.54, 1.807) is 0 Å². The first-order chi connectivity index (χ1) is 5.49. The maximum atomic E-state index is 10.8. The zero-order valence-electron chi connectivity index (χ0n) is 6.99. The molecular formula is C7H13ClO3S. The van der Waals surface area contributed by atoms with Crippen molar-refractivity contribution in [1.29, 1.82) is 0 Å². The average Bonchev–Trinajstić information content (AvgIpc) is 1.91. The molecule has 1 aliphatic carbocycles. The topological polar surface area (TPSA) is 43.4 Å². The van der Waals surface area contributed by atoms with E-state index in [-0.39, 0.29) is 11.5 Å². The van der Waals surface area contributed by atoms with Gasteiger partial charge in [-0.25, -0.2) is 0 Å². The first-order valence-corrected chi connectivity index (χ1v) is 6.26. The van der Waals surface area contributed by atoms with Gasteiger partial charge in [-0.05, 0) is 12.8 Å². The lowest BCUT2D eigenvalue weighted by molar-refractivity contribution is 0.168. The van der Waals surface area contributed by atoms with Gasteiger partial charge < -0.3 is 0 Å². The lowest BCUT2D eigenvalue weighted by Crippen LogP contribution is -2.30. The summed E-state index contributed by atoms with van der Waals surface area (Å²) in [4.78, 5) is 0. The van der Waals surface area contributed by atoms with Crippen molar-refractivity contribution >= 4 is 21.7 Å². The summed E-state index contributed by atoms with van der Waals surface area (Å²) in [6, 6.07) is 0. The molecule has 0 bridgehead atoms. The monoisotopic (exact) mass is 212 g/mol. The van der Waals surface area contributed by atoms with Crippen LogP contribution in [0, 0.1) is 0 Å². The Morgan fingerprint density at radius 1 is 1.33 bits per heavy atom. The Hall–Kier alpha value is 0.200. The fourth-order valence-electron chi connectivity index (χ4n) is 1.38. The molecule has 0 aliphatic heterocycles. The molecular weight excluding hydrogens is 200 g/mol. The second-order valence-electron chi connectivity index (χ2n) is 3.14. The summed E-state index contributed by atoms with van der Waals surface area (Å²) in [5.41, 5.74) is 0. The largest absolute Gasteiger partial charge is 0.265 e. The molecule has 0 N–H and O–H groups in total. The lowest BCUT2D eigenvalue weighted by atomic mass is 9.97. The van der Waals surface area contributed by atoms with Crippen molar-refractivity contribution in [2.45, 2.75) is 37.2 Å². The Kier molecular flexibility index (Phi) is 3.37. The van der Waals surface area contributed by atoms with Gasteiger partial charge in [-0.3, -0.25) is 4.18 Å². The van der Waals surface area contributed by atoms with Crippen LogP contribution in [0.4, 0.5) is 0 Å². The average molecular weight is 213 g/mol. The molecule has 0 unspecified atom stereocenters. The molecule has 1 fully saturated rings. The molecule has 0 radical (unpaired) electrons. The number of hydrogen-bond donors (Lipinski definition) is 0. The zero-order chi connectivity index (χ0) is 9.19. The van der Waals surface area contributed by atoms with Crippen LogP contribution in [0.25, 0.3) is 0 Å². The highest BCUT2D eigenvalue weighted by Crippen LogP contribution is 2.26. The van der Waals surface area contributed by atoms with Crippen LogP contribution < -0.4 is 0 Å². The lowest BCUT2D eigenvalue weighted by Gasteiger charge is -2.25. The molecule has 0 saturated heterocycles. The summed E-state index contributed by atoms with van der Waals surface area (Å²) in [5, 5.41) is -0.145. The molecule has 3 nitrogen and oxygen atoms in total. The van der Waals surface area contributed by atoms with E-state index in [2.05, 4.69) is 0 Å². The van der Waals surface area contributed by atoms with Crippen molar-refractivity contribution in [2.75, 3.05) is 6.26 Å². The van der Waals surface area contributed by atoms with E-state index in [1.807, 2.05) is 0 Å². The van der Waals surface area contributed by atoms with Gasteiger partial charge in [0.25, 0.3) is 10.1 Å². The molecule has 0 aromatic rings. The van der Waals surface area contributed by atoms with E-state index in [0.717, 1.165) is 31.9 Å². The van der Waals surface area contributed by atoms with Gasteiger partial charge in [0.05, 0.1) is 17.7 Å². The van der Waals surface area contributed by atoms with Crippen molar-refractivity contribution in [2.24, 2.45) is 0 Å². The molecule has 0 amide bonds. The van der Waals surface area contributed by atoms with Crippen molar-refractivity contribution in [1.82, 2.24) is 0 Å². The Labute approximate surface area is 78.2 Å². The van der Waals surface area contributed by atoms with E-state index in [0.29, 0.717) is 0 Å². The summed E-state index contributed by atoms with van der Waals surface area (Å²) in [7, 11) is -3.34. The fourth-order valence-corrected chi connectivity index (χ4v) is 2.46. The second-order valence-corrected chi connectivity index (χ2v) is 5.30. The summed E-state index contributed by atoms with van der Waals surface area (Å²) >= 11 is 5.90. The van der Waals surface area contributed by atoms with Crippen molar-refractivity contribution < 1.29 is 12.6 Å². The predicted molar refractivity (Wildman–Crippen MR) is 47.8 cm³/mol. The summed E-state index contributed by atoms with van der Waals surface area (Å²) in [5.74, 6) is 0. The maximum absolute atomic E-state index is 10.8. The van der Waals surface area contributed by atoms with Crippen LogP contribution in [0.1, 0.15) is 25.7 Å². The van der Waals surface area contributed by atoms with E-state index in [1.165, 1.54) is 0 Å². The van der Waals surface area contributed by atoms with Gasteiger partial charge in [0.15, 0.2) is 0 Å². The predicted octanol–water partition coefficient (Wildman–Crippen LogP) is 1.51. The summed E-state index contributed by atoms with van der Waals surface area (Å²) < 4.78 is 26.4. The van der Waals surface area contributed by atoms with Crippen LogP contribution >= 0.6 is 11.6 Å². The van der Waals surface area contributed by atoms with Gasteiger partial charge in [0.2, 0.25) is 0 Å². The minimum atomic E-state index is -3.34. The number of rotatable bonds is 2. The van der Waals surface area contributed by atoms with Crippen LogP contribution in [0.2, 0.25) is 0 Å². The van der Waals surface area contributed by atoms with E-state index >= 15 is 0 Å². The molecule has 2 atom stereocenters. The third kappa shape index (κ3) is 3.29. The Morgan fingerprint density at radius 2 is 1.92 bits per heavy atom. The molecule has 0 aromatic carbocycles. The number of hydrogen-bond acceptors (Lipinski definition) is 3. The molecule has 1 rings (SSSR count). The Bertz CT molecular complexity index is 237. The van der Waals surface area contributed by atoms with Crippen LogP contribution in [0.3, 0.4) is 0 Å². The van der Waals surface area contributed by atoms with Crippen LogP contribution in [-0.4, -0.2) is 26.2 Å². The van der Waals surface area contributed by atoms with Crippen LogP contribution in [0.15, 0.2) is 0 Å². The molecule has 72 valence electrons. The third-order valence-corrected chi connectivity index (χ3v) is 3.02. The minimum absolute atomic E-state index is 0.145. The molecule has 12 heavy (non-hydrogen) atoms. The highest BCUT2D eigenvalue weighted by molar-refractivity contribution is 7.86. The highest BCUT2D eigenvalue weighted by atomic mass is 35.5. The van der Waals surface area contributed by atoms with E-state index in [9.17, 15) is 8.42 Å². The third-order valence-electron chi connectivity index (χ3n) is 1.92. The molecule has 0 aromatic heterocycles. The zero-order valence-corrected chi connectivity index (χ0v) is 8.57. The van der Waals surface area contributed by atoms with Gasteiger partial charge in [0.1, 0.15) is 0 Å². The van der Waals surface area contributed by atoms with Crippen LogP contribution in [0.5, 0.6) is 0 Å². The standard InChI is InChI=1S/C7H13ClO3S/c1-12(9,10)11-7-5-3-2-4-6(7)8/h6-7H,2-5H2,1H3/t6-,7-/m0/s1. The SMILES string of the molecule is CS(=O)(=O)O[C@H]1CCCC[C@@H]1Cl. The van der Waals surface area contributed by atoms with Gasteiger partial charge in [0, 0.05) is 0 Å². The summed E-state index contributed by atoms with van der Waals surface area (Å²) in [6.45, 7) is 0. The first kappa shape index (κ1) is 10.3. The summed E-state index contributed by atoms with van der Waals surface area (Å²) in [6.07, 6.45) is 4.42. The van der Waals surface area contributed by atoms with Gasteiger partial charge in [-0.15, -0.1) is 11.6 Å². The molecule has 1 aliphatic rings. The first-order valence-electron chi connectivity index (χ1n) is 4.01. The highest BCUT2D eigenvalue weighted by Gasteiger charge is 2.26. The quantitative estimate of drug-likeness (QED) is 0.515. The smallest absolute Gasteiger partial charge is 0.264 e. The van der Waals surface area contributed by atoms with Crippen molar-refractivity contribution in [3.8, 4) is 0 Å². The van der Waals surface area contributed by atoms with Crippen LogP contribution in [-0.2, 0) is 14.3 Å². The maximum Gasteiger partial charge on any atom is 0.264 e. The molecule has 5 heteroatoms. The number of halogens is 1. The molecule has 0 spiro atoms. The molecule has 0 heterocycles. The fraction of sp³-hybridized carbons (Fsp3) is 1.00. The van der Waals surface area contributed by atoms with E-state index < -0.39 is 10.1 Å². The normalized spacial score (nSPS) is 31.8. The number of alkyl halides is 1. The van der Waals surface area contributed by atoms with Gasteiger partial charge in [-0.2, -0.15) is 8.42 Å². The van der Waals surface area contributed by atoms with Gasteiger partial charge >= 0.3 is 0 Å². The molecule has 1 saturated carbocycles. The second kappa shape index (κ2) is 3.94.